The van der Waals surface area contributed by atoms with Crippen molar-refractivity contribution in [3.8, 4) is 5.75 Å². The van der Waals surface area contributed by atoms with Crippen molar-refractivity contribution in [2.45, 2.75) is 6.61 Å². The quantitative estimate of drug-likeness (QED) is 0.454. The first-order valence-electron chi connectivity index (χ1n) is 5.31. The molecule has 0 spiro atoms. The van der Waals surface area contributed by atoms with Crippen LogP contribution in [0.25, 0.3) is 0 Å². The molecule has 98 valence electrons. The van der Waals surface area contributed by atoms with Gasteiger partial charge in [-0.05, 0) is 12.1 Å². The smallest absolute Gasteiger partial charge is 0.310 e. The number of carbonyl (C=O) groups excluding carboxylic acids is 1. The summed E-state index contributed by atoms with van der Waals surface area (Å²) < 4.78 is 6.84. The summed E-state index contributed by atoms with van der Waals surface area (Å²) in [5, 5.41) is 14.7. The first-order chi connectivity index (χ1) is 9.11. The molecule has 8 heteroatoms. The van der Waals surface area contributed by atoms with E-state index in [0.717, 1.165) is 0 Å². The summed E-state index contributed by atoms with van der Waals surface area (Å²) in [4.78, 5) is 24.9. The lowest BCUT2D eigenvalue weighted by Gasteiger charge is -2.06. The fourth-order valence-corrected chi connectivity index (χ4v) is 1.46. The molecule has 0 aliphatic carbocycles. The van der Waals surface area contributed by atoms with Crippen LogP contribution in [0.1, 0.15) is 16.2 Å². The second kappa shape index (κ2) is 5.25. The van der Waals surface area contributed by atoms with Gasteiger partial charge in [0, 0.05) is 18.7 Å². The molecule has 8 nitrogen and oxygen atoms in total. The van der Waals surface area contributed by atoms with Gasteiger partial charge in [0.2, 0.25) is 0 Å². The van der Waals surface area contributed by atoms with Gasteiger partial charge in [-0.2, -0.15) is 5.10 Å². The van der Waals surface area contributed by atoms with Crippen LogP contribution >= 0.6 is 0 Å². The average molecular weight is 262 g/mol. The van der Waals surface area contributed by atoms with E-state index in [1.165, 1.54) is 29.2 Å². The second-order valence-corrected chi connectivity index (χ2v) is 3.69. The minimum absolute atomic E-state index is 0.0256. The molecular weight excluding hydrogens is 252 g/mol. The molecular formula is C11H10N4O4. The van der Waals surface area contributed by atoms with Crippen LogP contribution in [0.3, 0.4) is 0 Å². The van der Waals surface area contributed by atoms with E-state index in [4.69, 9.17) is 4.74 Å². The lowest BCUT2D eigenvalue weighted by Crippen LogP contribution is -2.06. The Kier molecular flexibility index (Phi) is 3.51. The highest BCUT2D eigenvalue weighted by Crippen LogP contribution is 2.28. The number of aldehydes is 1. The minimum Gasteiger partial charge on any atom is -0.479 e. The summed E-state index contributed by atoms with van der Waals surface area (Å²) >= 11 is 0. The maximum Gasteiger partial charge on any atom is 0.310 e. The molecule has 1 aromatic heterocycles. The number of aryl methyl sites for hydroxylation is 1. The average Bonchev–Trinajstić information content (AvgIpc) is 2.81. The Labute approximate surface area is 107 Å². The predicted octanol–water partition coefficient (Wildman–Crippen LogP) is 1.11. The van der Waals surface area contributed by atoms with Crippen molar-refractivity contribution in [2.75, 3.05) is 0 Å². The van der Waals surface area contributed by atoms with Crippen LogP contribution in [0.2, 0.25) is 0 Å². The number of rotatable bonds is 5. The predicted molar refractivity (Wildman–Crippen MR) is 63.8 cm³/mol. The van der Waals surface area contributed by atoms with Gasteiger partial charge in [0.15, 0.2) is 11.6 Å². The lowest BCUT2D eigenvalue weighted by molar-refractivity contribution is -0.386. The normalized spacial score (nSPS) is 10.2. The molecule has 0 N–H and O–H groups in total. The van der Waals surface area contributed by atoms with Crippen molar-refractivity contribution in [1.82, 2.24) is 14.8 Å². The number of aromatic nitrogens is 3. The van der Waals surface area contributed by atoms with Gasteiger partial charge in [-0.15, -0.1) is 0 Å². The van der Waals surface area contributed by atoms with Crippen LogP contribution in [0.15, 0.2) is 24.5 Å². The van der Waals surface area contributed by atoms with E-state index in [1.807, 2.05) is 0 Å². The Bertz CT molecular complexity index is 623. The molecule has 0 atom stereocenters. The third-order valence-electron chi connectivity index (χ3n) is 2.48. The Hall–Kier alpha value is -2.77. The third-order valence-corrected chi connectivity index (χ3v) is 2.48. The van der Waals surface area contributed by atoms with Crippen molar-refractivity contribution >= 4 is 12.0 Å². The molecule has 0 radical (unpaired) electrons. The van der Waals surface area contributed by atoms with Gasteiger partial charge in [-0.25, -0.2) is 4.98 Å². The van der Waals surface area contributed by atoms with Crippen molar-refractivity contribution < 1.29 is 14.5 Å². The van der Waals surface area contributed by atoms with Crippen LogP contribution in [-0.4, -0.2) is 26.0 Å². The number of hydrogen-bond acceptors (Lipinski definition) is 6. The number of nitro benzene ring substituents is 1. The van der Waals surface area contributed by atoms with Crippen molar-refractivity contribution in [3.63, 3.8) is 0 Å². The Morgan fingerprint density at radius 3 is 2.89 bits per heavy atom. The molecule has 19 heavy (non-hydrogen) atoms. The van der Waals surface area contributed by atoms with E-state index in [-0.39, 0.29) is 18.0 Å². The van der Waals surface area contributed by atoms with Gasteiger partial charge in [0.05, 0.1) is 4.92 Å². The number of hydrogen-bond donors (Lipinski definition) is 0. The highest BCUT2D eigenvalue weighted by atomic mass is 16.6. The summed E-state index contributed by atoms with van der Waals surface area (Å²) in [5.74, 6) is 0.545. The fourth-order valence-electron chi connectivity index (χ4n) is 1.46. The molecule has 0 aliphatic rings. The highest BCUT2D eigenvalue weighted by molar-refractivity contribution is 5.76. The topological polar surface area (TPSA) is 100 Å². The number of ether oxygens (including phenoxy) is 1. The Morgan fingerprint density at radius 2 is 2.32 bits per heavy atom. The van der Waals surface area contributed by atoms with E-state index < -0.39 is 4.92 Å². The fraction of sp³-hybridized carbons (Fsp3) is 0.182. The molecule has 0 aliphatic heterocycles. The summed E-state index contributed by atoms with van der Waals surface area (Å²) in [6.07, 6.45) is 1.95. The molecule has 2 aromatic rings. The second-order valence-electron chi connectivity index (χ2n) is 3.69. The van der Waals surface area contributed by atoms with Crippen molar-refractivity contribution in [2.24, 2.45) is 7.05 Å². The highest BCUT2D eigenvalue weighted by Gasteiger charge is 2.16. The zero-order chi connectivity index (χ0) is 13.8. The molecule has 0 saturated carbocycles. The monoisotopic (exact) mass is 262 g/mol. The molecule has 0 amide bonds. The summed E-state index contributed by atoms with van der Waals surface area (Å²) in [7, 11) is 1.68. The third kappa shape index (κ3) is 2.73. The van der Waals surface area contributed by atoms with E-state index in [1.54, 1.807) is 7.05 Å². The maximum absolute atomic E-state index is 10.9. The van der Waals surface area contributed by atoms with Gasteiger partial charge in [-0.1, -0.05) is 0 Å². The molecule has 1 heterocycles. The Balaban J connectivity index is 2.25. The zero-order valence-electron chi connectivity index (χ0n) is 10.0. The standard InChI is InChI=1S/C11H10N4O4/c1-14-11(12-7-13-14)6-19-10-4-8(5-16)2-3-9(10)15(17)18/h2-5,7H,6H2,1H3. The van der Waals surface area contributed by atoms with Crippen LogP contribution in [0, 0.1) is 10.1 Å². The summed E-state index contributed by atoms with van der Waals surface area (Å²) in [5.41, 5.74) is 0.103. The van der Waals surface area contributed by atoms with Gasteiger partial charge in [0.1, 0.15) is 19.2 Å². The summed E-state index contributed by atoms with van der Waals surface area (Å²) in [6, 6.07) is 3.91. The van der Waals surface area contributed by atoms with Crippen molar-refractivity contribution in [1.29, 1.82) is 0 Å². The Morgan fingerprint density at radius 1 is 1.53 bits per heavy atom. The maximum atomic E-state index is 10.9. The van der Waals surface area contributed by atoms with E-state index in [2.05, 4.69) is 10.1 Å². The van der Waals surface area contributed by atoms with Crippen LogP contribution in [0.5, 0.6) is 5.75 Å². The zero-order valence-corrected chi connectivity index (χ0v) is 10.0. The van der Waals surface area contributed by atoms with Crippen molar-refractivity contribution in [3.05, 3.63) is 46.0 Å². The number of nitrogens with zero attached hydrogens (tertiary/aromatic N) is 4. The van der Waals surface area contributed by atoms with E-state index >= 15 is 0 Å². The molecule has 0 saturated heterocycles. The lowest BCUT2D eigenvalue weighted by atomic mass is 10.2. The largest absolute Gasteiger partial charge is 0.479 e. The van der Waals surface area contributed by atoms with E-state index in [0.29, 0.717) is 17.7 Å². The van der Waals surface area contributed by atoms with Crippen LogP contribution in [-0.2, 0) is 13.7 Å². The first-order valence-corrected chi connectivity index (χ1v) is 5.31. The van der Waals surface area contributed by atoms with Gasteiger partial charge in [-0.3, -0.25) is 19.6 Å². The first kappa shape index (κ1) is 12.7. The van der Waals surface area contributed by atoms with E-state index in [9.17, 15) is 14.9 Å². The molecule has 1 aromatic carbocycles. The van der Waals surface area contributed by atoms with Gasteiger partial charge in [0.25, 0.3) is 0 Å². The molecule has 0 fully saturated rings. The summed E-state index contributed by atoms with van der Waals surface area (Å²) in [6.45, 7) is 0.0274. The number of carbonyl (C=O) groups is 1. The SMILES string of the molecule is Cn1ncnc1COc1cc(C=O)ccc1[N+](=O)[O-]. The number of benzene rings is 1. The van der Waals surface area contributed by atoms with Crippen LogP contribution < -0.4 is 4.74 Å². The van der Waals surface area contributed by atoms with Gasteiger partial charge < -0.3 is 4.74 Å². The molecule has 0 bridgehead atoms. The molecule has 0 unspecified atom stereocenters. The van der Waals surface area contributed by atoms with Gasteiger partial charge >= 0.3 is 5.69 Å². The molecule has 2 rings (SSSR count). The number of nitro groups is 1. The van der Waals surface area contributed by atoms with Crippen LogP contribution in [0.4, 0.5) is 5.69 Å². The minimum atomic E-state index is -0.569.